The fourth-order valence-corrected chi connectivity index (χ4v) is 4.31. The number of para-hydroxylation sites is 1. The van der Waals surface area contributed by atoms with Crippen LogP contribution >= 0.6 is 0 Å². The molecule has 2 N–H and O–H groups in total. The Morgan fingerprint density at radius 1 is 1.12 bits per heavy atom. The molecule has 0 atom stereocenters. The van der Waals surface area contributed by atoms with Crippen molar-refractivity contribution in [2.45, 2.75) is 13.3 Å². The van der Waals surface area contributed by atoms with Gasteiger partial charge in [-0.3, -0.25) is 9.36 Å². The van der Waals surface area contributed by atoms with E-state index < -0.39 is 5.97 Å². The van der Waals surface area contributed by atoms with E-state index in [1.54, 1.807) is 53.0 Å². The molecule has 0 saturated heterocycles. The highest BCUT2D eigenvalue weighted by atomic mass is 16.4. The molecule has 5 aromatic rings. The number of nitrogens with zero attached hydrogens (tertiary/aromatic N) is 5. The molecule has 5 rings (SSSR count). The van der Waals surface area contributed by atoms with Gasteiger partial charge in [0.05, 0.1) is 18.0 Å². The van der Waals surface area contributed by atoms with E-state index in [4.69, 9.17) is 0 Å². The molecule has 3 aromatic heterocycles. The summed E-state index contributed by atoms with van der Waals surface area (Å²) in [6, 6.07) is 10.8. The zero-order valence-corrected chi connectivity index (χ0v) is 18.7. The Hall–Kier alpha value is -4.53. The quantitative estimate of drug-likeness (QED) is 0.404. The van der Waals surface area contributed by atoms with Gasteiger partial charge in [0.2, 0.25) is 0 Å². The van der Waals surface area contributed by atoms with Gasteiger partial charge in [-0.05, 0) is 37.1 Å². The van der Waals surface area contributed by atoms with Crippen molar-refractivity contribution in [2.24, 2.45) is 7.05 Å². The van der Waals surface area contributed by atoms with Crippen LogP contribution in [0.15, 0.2) is 66.1 Å². The molecule has 0 fully saturated rings. The molecule has 3 heterocycles. The minimum atomic E-state index is -0.980. The fourth-order valence-electron chi connectivity index (χ4n) is 4.31. The highest BCUT2D eigenvalue weighted by Crippen LogP contribution is 2.28. The molecule has 0 amide bonds. The third kappa shape index (κ3) is 3.66. The molecule has 0 spiro atoms. The van der Waals surface area contributed by atoms with Crippen molar-refractivity contribution in [3.05, 3.63) is 88.4 Å². The first-order chi connectivity index (χ1) is 16.4. The second-order valence-electron chi connectivity index (χ2n) is 8.15. The number of pyridine rings is 1. The Morgan fingerprint density at radius 2 is 1.88 bits per heavy atom. The van der Waals surface area contributed by atoms with Crippen LogP contribution < -0.4 is 10.9 Å². The molecular weight excluding hydrogens is 432 g/mol. The third-order valence-electron chi connectivity index (χ3n) is 5.86. The predicted molar refractivity (Wildman–Crippen MR) is 130 cm³/mol. The first-order valence-electron chi connectivity index (χ1n) is 10.8. The zero-order valence-electron chi connectivity index (χ0n) is 18.7. The first-order valence-corrected chi connectivity index (χ1v) is 10.8. The lowest BCUT2D eigenvalue weighted by Crippen LogP contribution is -2.18. The molecule has 0 radical (unpaired) electrons. The standard InChI is InChI=1S/C25H22N6O3/c1-15-9-16(7-8-28-21-6-4-3-5-18(21)25(33)34)22-19(10-15)24(32)30(2)23-20(22)13-31(29-23)17-11-26-14-27-12-17/h3-6,9-14,28H,7-8H2,1-2H3,(H,33,34). The van der Waals surface area contributed by atoms with Gasteiger partial charge in [0, 0.05) is 41.6 Å². The van der Waals surface area contributed by atoms with Crippen LogP contribution in [-0.4, -0.2) is 41.9 Å². The summed E-state index contributed by atoms with van der Waals surface area (Å²) in [5, 5.41) is 19.6. The molecule has 0 aliphatic carbocycles. The smallest absolute Gasteiger partial charge is 0.337 e. The zero-order chi connectivity index (χ0) is 23.8. The molecule has 170 valence electrons. The van der Waals surface area contributed by atoms with Crippen molar-refractivity contribution in [3.63, 3.8) is 0 Å². The average molecular weight is 454 g/mol. The van der Waals surface area contributed by atoms with E-state index in [2.05, 4.69) is 26.4 Å². The van der Waals surface area contributed by atoms with Crippen LogP contribution in [0.5, 0.6) is 0 Å². The number of aryl methyl sites for hydroxylation is 2. The van der Waals surface area contributed by atoms with Crippen LogP contribution in [0.1, 0.15) is 21.5 Å². The van der Waals surface area contributed by atoms with Crippen LogP contribution in [-0.2, 0) is 13.5 Å². The topological polar surface area (TPSA) is 115 Å². The lowest BCUT2D eigenvalue weighted by molar-refractivity contribution is 0.0698. The average Bonchev–Trinajstić information content (AvgIpc) is 3.28. The Kier molecular flexibility index (Phi) is 5.29. The molecule has 34 heavy (non-hydrogen) atoms. The normalized spacial score (nSPS) is 11.2. The number of hydrogen-bond donors (Lipinski definition) is 2. The van der Waals surface area contributed by atoms with E-state index >= 15 is 0 Å². The van der Waals surface area contributed by atoms with Gasteiger partial charge in [-0.15, -0.1) is 5.10 Å². The number of hydrogen-bond acceptors (Lipinski definition) is 6. The lowest BCUT2D eigenvalue weighted by Gasteiger charge is -2.13. The minimum Gasteiger partial charge on any atom is -0.478 e. The maximum absolute atomic E-state index is 13.2. The van der Waals surface area contributed by atoms with Gasteiger partial charge in [0.1, 0.15) is 12.0 Å². The second kappa shape index (κ2) is 8.43. The van der Waals surface area contributed by atoms with Crippen molar-refractivity contribution in [1.29, 1.82) is 0 Å². The molecule has 2 aromatic carbocycles. The number of carboxylic acid groups (broad SMARTS) is 1. The first kappa shape index (κ1) is 21.3. The van der Waals surface area contributed by atoms with Gasteiger partial charge in [0.25, 0.3) is 5.56 Å². The van der Waals surface area contributed by atoms with Gasteiger partial charge in [-0.25, -0.2) is 19.4 Å². The van der Waals surface area contributed by atoms with Gasteiger partial charge < -0.3 is 10.4 Å². The fraction of sp³-hybridized carbons (Fsp3) is 0.160. The molecular formula is C25H22N6O3. The molecule has 0 saturated carbocycles. The monoisotopic (exact) mass is 454 g/mol. The molecule has 0 aliphatic heterocycles. The number of carboxylic acids is 1. The molecule has 0 unspecified atom stereocenters. The lowest BCUT2D eigenvalue weighted by atomic mass is 9.98. The summed E-state index contributed by atoms with van der Waals surface area (Å²) in [7, 11) is 1.72. The number of anilines is 1. The maximum Gasteiger partial charge on any atom is 0.337 e. The van der Waals surface area contributed by atoms with Crippen LogP contribution in [0.4, 0.5) is 5.69 Å². The van der Waals surface area contributed by atoms with Crippen molar-refractivity contribution in [2.75, 3.05) is 11.9 Å². The predicted octanol–water partition coefficient (Wildman–Crippen LogP) is 3.33. The van der Waals surface area contributed by atoms with E-state index in [0.717, 1.165) is 21.9 Å². The van der Waals surface area contributed by atoms with Crippen molar-refractivity contribution >= 4 is 33.5 Å². The molecule has 9 heteroatoms. The summed E-state index contributed by atoms with van der Waals surface area (Å²) in [4.78, 5) is 32.9. The van der Waals surface area contributed by atoms with E-state index in [-0.39, 0.29) is 11.1 Å². The van der Waals surface area contributed by atoms with Gasteiger partial charge in [-0.1, -0.05) is 23.8 Å². The van der Waals surface area contributed by atoms with Crippen LogP contribution in [0.3, 0.4) is 0 Å². The van der Waals surface area contributed by atoms with E-state index in [1.807, 2.05) is 19.2 Å². The summed E-state index contributed by atoms with van der Waals surface area (Å²) in [5.74, 6) is -0.980. The number of nitrogens with one attached hydrogen (secondary N) is 1. The molecule has 0 bridgehead atoms. The number of aromatic carboxylic acids is 1. The van der Waals surface area contributed by atoms with Crippen LogP contribution in [0, 0.1) is 6.92 Å². The van der Waals surface area contributed by atoms with E-state index in [1.165, 1.54) is 6.33 Å². The second-order valence-corrected chi connectivity index (χ2v) is 8.15. The van der Waals surface area contributed by atoms with Crippen LogP contribution in [0.25, 0.3) is 27.5 Å². The van der Waals surface area contributed by atoms with Crippen molar-refractivity contribution in [3.8, 4) is 5.69 Å². The van der Waals surface area contributed by atoms with Crippen LogP contribution in [0.2, 0.25) is 0 Å². The maximum atomic E-state index is 13.2. The van der Waals surface area contributed by atoms with E-state index in [0.29, 0.717) is 35.4 Å². The number of rotatable bonds is 6. The Balaban J connectivity index is 1.61. The summed E-state index contributed by atoms with van der Waals surface area (Å²) in [6.45, 7) is 2.46. The number of fused-ring (bicyclic) bond motifs is 3. The van der Waals surface area contributed by atoms with Gasteiger partial charge in [0.15, 0.2) is 5.65 Å². The van der Waals surface area contributed by atoms with Crippen molar-refractivity contribution in [1.82, 2.24) is 24.3 Å². The minimum absolute atomic E-state index is 0.119. The summed E-state index contributed by atoms with van der Waals surface area (Å²) < 4.78 is 3.23. The molecule has 9 nitrogen and oxygen atoms in total. The Morgan fingerprint density at radius 3 is 2.65 bits per heavy atom. The Bertz CT molecular complexity index is 1600. The summed E-state index contributed by atoms with van der Waals surface area (Å²) >= 11 is 0. The highest BCUT2D eigenvalue weighted by molar-refractivity contribution is 6.06. The molecule has 0 aliphatic rings. The van der Waals surface area contributed by atoms with Crippen molar-refractivity contribution < 1.29 is 9.90 Å². The number of aromatic nitrogens is 5. The number of carbonyl (C=O) groups is 1. The third-order valence-corrected chi connectivity index (χ3v) is 5.86. The largest absolute Gasteiger partial charge is 0.478 e. The van der Waals surface area contributed by atoms with Gasteiger partial charge in [-0.2, -0.15) is 0 Å². The summed E-state index contributed by atoms with van der Waals surface area (Å²) in [5.41, 5.74) is 3.89. The Labute approximate surface area is 194 Å². The number of benzene rings is 2. The summed E-state index contributed by atoms with van der Waals surface area (Å²) in [6.07, 6.45) is 7.26. The van der Waals surface area contributed by atoms with Gasteiger partial charge >= 0.3 is 5.97 Å². The highest BCUT2D eigenvalue weighted by Gasteiger charge is 2.17. The van der Waals surface area contributed by atoms with E-state index in [9.17, 15) is 14.7 Å². The SMILES string of the molecule is Cc1cc(CCNc2ccccc2C(=O)O)c2c(c1)c(=O)n(C)c1nn(-c3cncnc3)cc21.